The van der Waals surface area contributed by atoms with E-state index >= 15 is 0 Å². The summed E-state index contributed by atoms with van der Waals surface area (Å²) in [4.78, 5) is 26.7. The van der Waals surface area contributed by atoms with Crippen LogP contribution in [0.4, 0.5) is 5.69 Å². The highest BCUT2D eigenvalue weighted by atomic mass is 32.2. The van der Waals surface area contributed by atoms with Crippen LogP contribution in [-0.4, -0.2) is 32.9 Å². The van der Waals surface area contributed by atoms with Crippen LogP contribution in [0.25, 0.3) is 0 Å². The molecule has 0 unspecified atom stereocenters. The number of hydrazine groups is 1. The summed E-state index contributed by atoms with van der Waals surface area (Å²) >= 11 is 1.06. The lowest BCUT2D eigenvalue weighted by Gasteiger charge is -2.19. The number of nitrogens with zero attached hydrogens (tertiary/aromatic N) is 3. The van der Waals surface area contributed by atoms with Crippen LogP contribution in [0.3, 0.4) is 0 Å². The molecule has 0 aliphatic rings. The van der Waals surface area contributed by atoms with Gasteiger partial charge in [-0.1, -0.05) is 11.8 Å². The van der Waals surface area contributed by atoms with Gasteiger partial charge in [-0.05, 0) is 42.0 Å². The Labute approximate surface area is 154 Å². The van der Waals surface area contributed by atoms with E-state index in [0.29, 0.717) is 12.2 Å². The predicted molar refractivity (Wildman–Crippen MR) is 100 cm³/mol. The van der Waals surface area contributed by atoms with Gasteiger partial charge in [0, 0.05) is 18.9 Å². The second-order valence-corrected chi connectivity index (χ2v) is 6.00. The number of benzene rings is 1. The zero-order valence-corrected chi connectivity index (χ0v) is 14.5. The number of nitrogens with two attached hydrogens (primary N) is 2. The number of hydrogen-bond donors (Lipinski definition) is 4. The molecule has 10 heteroatoms. The third-order valence-corrected chi connectivity index (χ3v) is 4.25. The van der Waals surface area contributed by atoms with Crippen molar-refractivity contribution in [3.05, 3.63) is 59.9 Å². The first kappa shape index (κ1) is 19.2. The van der Waals surface area contributed by atoms with Crippen molar-refractivity contribution < 1.29 is 14.7 Å². The maximum Gasteiger partial charge on any atom is 0.335 e. The smallest absolute Gasteiger partial charge is 0.335 e. The molecule has 1 heterocycles. The number of amides is 1. The molecule has 0 aliphatic heterocycles. The van der Waals surface area contributed by atoms with Crippen LogP contribution in [0.15, 0.2) is 53.9 Å². The number of anilines is 1. The van der Waals surface area contributed by atoms with Gasteiger partial charge < -0.3 is 16.3 Å². The second-order valence-electron chi connectivity index (χ2n) is 5.05. The van der Waals surface area contributed by atoms with E-state index in [1.165, 1.54) is 29.3 Å². The SMILES string of the molecule is N/N=C(/SCC(=O)NCc1ccncc1)N(N)c1ccc(C(=O)O)cc1. The van der Waals surface area contributed by atoms with Crippen molar-refractivity contribution in [1.29, 1.82) is 0 Å². The van der Waals surface area contributed by atoms with Gasteiger partial charge in [-0.3, -0.25) is 14.8 Å². The van der Waals surface area contributed by atoms with E-state index in [0.717, 1.165) is 17.3 Å². The van der Waals surface area contributed by atoms with Crippen molar-refractivity contribution in [2.24, 2.45) is 16.8 Å². The standard InChI is InChI=1S/C16H18N6O3S/c17-21-16(22(18)13-3-1-12(2-4-13)15(24)25)26-10-14(23)20-9-11-5-7-19-8-6-11/h1-8H,9-10,17-18H2,(H,20,23)(H,24,25)/b21-16+. The Morgan fingerprint density at radius 3 is 2.42 bits per heavy atom. The maximum atomic E-state index is 11.9. The monoisotopic (exact) mass is 374 g/mol. The minimum atomic E-state index is -1.03. The quantitative estimate of drug-likeness (QED) is 0.250. The largest absolute Gasteiger partial charge is 0.478 e. The molecule has 2 rings (SSSR count). The summed E-state index contributed by atoms with van der Waals surface area (Å²) in [6.45, 7) is 0.389. The molecule has 6 N–H and O–H groups in total. The zero-order chi connectivity index (χ0) is 18.9. The van der Waals surface area contributed by atoms with Gasteiger partial charge in [0.25, 0.3) is 0 Å². The number of hydrogen-bond acceptors (Lipinski definition) is 7. The van der Waals surface area contributed by atoms with Gasteiger partial charge in [0.2, 0.25) is 11.1 Å². The Kier molecular flexibility index (Phi) is 6.94. The minimum Gasteiger partial charge on any atom is -0.478 e. The fourth-order valence-electron chi connectivity index (χ4n) is 1.93. The van der Waals surface area contributed by atoms with Gasteiger partial charge in [-0.2, -0.15) is 5.10 Å². The van der Waals surface area contributed by atoms with Crippen molar-refractivity contribution in [3.63, 3.8) is 0 Å². The summed E-state index contributed by atoms with van der Waals surface area (Å²) in [6.07, 6.45) is 3.30. The van der Waals surface area contributed by atoms with Gasteiger partial charge in [-0.15, -0.1) is 0 Å². The average Bonchev–Trinajstić information content (AvgIpc) is 2.67. The van der Waals surface area contributed by atoms with Crippen LogP contribution < -0.4 is 22.0 Å². The molecular weight excluding hydrogens is 356 g/mol. The first-order chi connectivity index (χ1) is 12.5. The first-order valence-corrected chi connectivity index (χ1v) is 8.44. The van der Waals surface area contributed by atoms with Gasteiger partial charge >= 0.3 is 5.97 Å². The first-order valence-electron chi connectivity index (χ1n) is 7.45. The number of thioether (sulfide) groups is 1. The molecule has 136 valence electrons. The van der Waals surface area contributed by atoms with Crippen LogP contribution in [0.2, 0.25) is 0 Å². The molecule has 0 saturated heterocycles. The molecule has 0 fully saturated rings. The molecule has 0 radical (unpaired) electrons. The summed E-state index contributed by atoms with van der Waals surface area (Å²) in [5.41, 5.74) is 1.56. The number of rotatable bonds is 6. The summed E-state index contributed by atoms with van der Waals surface area (Å²) in [5, 5.41) is 16.7. The minimum absolute atomic E-state index is 0.0715. The van der Waals surface area contributed by atoms with E-state index in [1.807, 2.05) is 12.1 Å². The van der Waals surface area contributed by atoms with Crippen molar-refractivity contribution in [2.75, 3.05) is 10.8 Å². The highest BCUT2D eigenvalue weighted by Gasteiger charge is 2.14. The van der Waals surface area contributed by atoms with E-state index in [4.69, 9.17) is 16.8 Å². The van der Waals surface area contributed by atoms with Crippen LogP contribution >= 0.6 is 11.8 Å². The molecule has 26 heavy (non-hydrogen) atoms. The summed E-state index contributed by atoms with van der Waals surface area (Å²) in [7, 11) is 0. The van der Waals surface area contributed by atoms with Gasteiger partial charge in [-0.25, -0.2) is 10.6 Å². The fraction of sp³-hybridized carbons (Fsp3) is 0.125. The number of hydrazone groups is 1. The van der Waals surface area contributed by atoms with Crippen LogP contribution in [0.5, 0.6) is 0 Å². The van der Waals surface area contributed by atoms with Crippen molar-refractivity contribution in [2.45, 2.75) is 6.54 Å². The van der Waals surface area contributed by atoms with Crippen molar-refractivity contribution in [1.82, 2.24) is 10.3 Å². The Balaban J connectivity index is 1.87. The van der Waals surface area contributed by atoms with Gasteiger partial charge in [0.1, 0.15) is 0 Å². The maximum absolute atomic E-state index is 11.9. The Morgan fingerprint density at radius 1 is 1.19 bits per heavy atom. The van der Waals surface area contributed by atoms with E-state index in [-0.39, 0.29) is 22.4 Å². The molecule has 9 nitrogen and oxygen atoms in total. The number of amidine groups is 1. The van der Waals surface area contributed by atoms with Crippen LogP contribution in [-0.2, 0) is 11.3 Å². The lowest BCUT2D eigenvalue weighted by molar-refractivity contribution is -0.118. The number of carboxylic acid groups (broad SMARTS) is 1. The average molecular weight is 374 g/mol. The lowest BCUT2D eigenvalue weighted by Crippen LogP contribution is -2.37. The van der Waals surface area contributed by atoms with E-state index in [1.54, 1.807) is 12.4 Å². The van der Waals surface area contributed by atoms with E-state index in [9.17, 15) is 9.59 Å². The lowest BCUT2D eigenvalue weighted by atomic mass is 10.2. The summed E-state index contributed by atoms with van der Waals surface area (Å²) in [5.74, 6) is 10.1. The highest BCUT2D eigenvalue weighted by Crippen LogP contribution is 2.17. The molecule has 1 aromatic heterocycles. The third-order valence-electron chi connectivity index (χ3n) is 3.28. The molecule has 2 aromatic rings. The molecule has 0 saturated carbocycles. The molecule has 1 amide bonds. The Bertz CT molecular complexity index is 782. The molecule has 0 aliphatic carbocycles. The van der Waals surface area contributed by atoms with Crippen LogP contribution in [0.1, 0.15) is 15.9 Å². The normalized spacial score (nSPS) is 11.0. The second kappa shape index (κ2) is 9.39. The number of carbonyl (C=O) groups is 2. The van der Waals surface area contributed by atoms with Crippen molar-refractivity contribution in [3.8, 4) is 0 Å². The van der Waals surface area contributed by atoms with Gasteiger partial charge in [0.05, 0.1) is 17.0 Å². The summed E-state index contributed by atoms with van der Waals surface area (Å²) < 4.78 is 0. The summed E-state index contributed by atoms with van der Waals surface area (Å²) in [6, 6.07) is 9.50. The number of carboxylic acids is 1. The number of carbonyl (C=O) groups excluding carboxylic acids is 1. The predicted octanol–water partition coefficient (Wildman–Crippen LogP) is 0.739. The topological polar surface area (TPSA) is 147 Å². The Hall–Kier alpha value is -3.11. The molecule has 0 spiro atoms. The van der Waals surface area contributed by atoms with E-state index in [2.05, 4.69) is 15.4 Å². The molecule has 0 atom stereocenters. The van der Waals surface area contributed by atoms with Crippen molar-refractivity contribution >= 4 is 34.5 Å². The fourth-order valence-corrected chi connectivity index (χ4v) is 2.61. The number of nitrogens with one attached hydrogen (secondary N) is 1. The molecular formula is C16H18N6O3S. The molecule has 0 bridgehead atoms. The number of pyridine rings is 1. The number of aromatic carboxylic acids is 1. The number of aromatic nitrogens is 1. The molecule has 1 aromatic carbocycles. The third kappa shape index (κ3) is 5.46. The highest BCUT2D eigenvalue weighted by molar-refractivity contribution is 8.14. The van der Waals surface area contributed by atoms with E-state index < -0.39 is 5.97 Å². The van der Waals surface area contributed by atoms with Gasteiger partial charge in [0.15, 0.2) is 0 Å². The Morgan fingerprint density at radius 2 is 1.85 bits per heavy atom. The zero-order valence-electron chi connectivity index (χ0n) is 13.7. The van der Waals surface area contributed by atoms with Crippen LogP contribution in [0, 0.1) is 0 Å².